The lowest BCUT2D eigenvalue weighted by molar-refractivity contribution is 0.650. The highest BCUT2D eigenvalue weighted by atomic mass is 35.5. The van der Waals surface area contributed by atoms with E-state index in [2.05, 4.69) is 48.5 Å². The molecule has 0 radical (unpaired) electrons. The molecule has 106 valence electrons. The van der Waals surface area contributed by atoms with Gasteiger partial charge in [-0.1, -0.05) is 48.5 Å². The van der Waals surface area contributed by atoms with Crippen molar-refractivity contribution in [2.45, 2.75) is 38.1 Å². The van der Waals surface area contributed by atoms with E-state index in [4.69, 9.17) is 5.73 Å². The van der Waals surface area contributed by atoms with E-state index < -0.39 is 0 Å². The van der Waals surface area contributed by atoms with Gasteiger partial charge in [0.2, 0.25) is 0 Å². The fourth-order valence-corrected chi connectivity index (χ4v) is 3.14. The molecule has 2 N–H and O–H groups in total. The van der Waals surface area contributed by atoms with Crippen LogP contribution in [0.1, 0.15) is 41.1 Å². The van der Waals surface area contributed by atoms with Gasteiger partial charge >= 0.3 is 0 Å². The molecule has 0 saturated heterocycles. The standard InChI is InChI=1S/C18H21N.ClH/c19-18(13-14-7-2-1-3-8-14)17-12-6-10-15-9-4-5-11-16(15)17;/h1-3,6-8,10,12,18H,4-5,9,11,13,19H2;1H. The van der Waals surface area contributed by atoms with Crippen molar-refractivity contribution in [1.82, 2.24) is 0 Å². The Morgan fingerprint density at radius 3 is 2.45 bits per heavy atom. The van der Waals surface area contributed by atoms with Gasteiger partial charge in [-0.3, -0.25) is 0 Å². The van der Waals surface area contributed by atoms with Crippen molar-refractivity contribution in [2.75, 3.05) is 0 Å². The smallest absolute Gasteiger partial charge is 0.0338 e. The van der Waals surface area contributed by atoms with Gasteiger partial charge < -0.3 is 5.73 Å². The molecule has 1 unspecified atom stereocenters. The molecule has 3 rings (SSSR count). The first kappa shape index (κ1) is 15.1. The summed E-state index contributed by atoms with van der Waals surface area (Å²) in [5, 5.41) is 0. The summed E-state index contributed by atoms with van der Waals surface area (Å²) >= 11 is 0. The summed E-state index contributed by atoms with van der Waals surface area (Å²) in [6.07, 6.45) is 5.99. The van der Waals surface area contributed by atoms with Crippen molar-refractivity contribution >= 4 is 12.4 Å². The molecular weight excluding hydrogens is 266 g/mol. The number of rotatable bonds is 3. The highest BCUT2D eigenvalue weighted by Crippen LogP contribution is 2.28. The molecule has 0 aromatic heterocycles. The zero-order valence-corrected chi connectivity index (χ0v) is 12.5. The molecule has 1 aliphatic rings. The maximum absolute atomic E-state index is 6.45. The normalized spacial score (nSPS) is 15.1. The quantitative estimate of drug-likeness (QED) is 0.898. The second-order valence-electron chi connectivity index (χ2n) is 5.49. The van der Waals surface area contributed by atoms with Gasteiger partial charge in [0.1, 0.15) is 0 Å². The monoisotopic (exact) mass is 287 g/mol. The third-order valence-electron chi connectivity index (χ3n) is 4.13. The number of benzene rings is 2. The number of hydrogen-bond donors (Lipinski definition) is 1. The van der Waals surface area contributed by atoms with Crippen LogP contribution in [0.25, 0.3) is 0 Å². The van der Waals surface area contributed by atoms with Crippen LogP contribution >= 0.6 is 12.4 Å². The van der Waals surface area contributed by atoms with Crippen LogP contribution in [0.5, 0.6) is 0 Å². The van der Waals surface area contributed by atoms with Crippen LogP contribution in [0, 0.1) is 0 Å². The Bertz CT molecular complexity index is 551. The Hall–Kier alpha value is -1.31. The maximum Gasteiger partial charge on any atom is 0.0338 e. The number of aryl methyl sites for hydroxylation is 1. The Morgan fingerprint density at radius 1 is 0.900 bits per heavy atom. The lowest BCUT2D eigenvalue weighted by atomic mass is 9.85. The second-order valence-corrected chi connectivity index (χ2v) is 5.49. The minimum absolute atomic E-state index is 0. The van der Waals surface area contributed by atoms with Gasteiger partial charge in [0.15, 0.2) is 0 Å². The molecule has 0 fully saturated rings. The van der Waals surface area contributed by atoms with Gasteiger partial charge in [-0.25, -0.2) is 0 Å². The number of halogens is 1. The van der Waals surface area contributed by atoms with E-state index in [1.165, 1.54) is 47.9 Å². The molecule has 0 saturated carbocycles. The van der Waals surface area contributed by atoms with Crippen LogP contribution in [-0.2, 0) is 19.3 Å². The zero-order chi connectivity index (χ0) is 13.1. The van der Waals surface area contributed by atoms with Gasteiger partial charge in [0.25, 0.3) is 0 Å². The highest BCUT2D eigenvalue weighted by Gasteiger charge is 2.17. The fraction of sp³-hybridized carbons (Fsp3) is 0.333. The van der Waals surface area contributed by atoms with Crippen LogP contribution in [0.15, 0.2) is 48.5 Å². The second kappa shape index (κ2) is 6.92. The maximum atomic E-state index is 6.45. The molecule has 0 spiro atoms. The van der Waals surface area contributed by atoms with Crippen molar-refractivity contribution in [3.05, 3.63) is 70.8 Å². The third kappa shape index (κ3) is 3.23. The van der Waals surface area contributed by atoms with E-state index in [0.717, 1.165) is 6.42 Å². The van der Waals surface area contributed by atoms with Gasteiger partial charge in [-0.05, 0) is 54.4 Å². The van der Waals surface area contributed by atoms with Crippen LogP contribution in [0.3, 0.4) is 0 Å². The Labute approximate surface area is 127 Å². The number of hydrogen-bond acceptors (Lipinski definition) is 1. The SMILES string of the molecule is Cl.NC(Cc1ccccc1)c1cccc2c1CCCC2. The Morgan fingerprint density at radius 2 is 1.65 bits per heavy atom. The Balaban J connectivity index is 0.00000147. The van der Waals surface area contributed by atoms with Crippen molar-refractivity contribution in [3.63, 3.8) is 0 Å². The van der Waals surface area contributed by atoms with E-state index in [0.29, 0.717) is 0 Å². The number of fused-ring (bicyclic) bond motifs is 1. The van der Waals surface area contributed by atoms with E-state index >= 15 is 0 Å². The van der Waals surface area contributed by atoms with Crippen molar-refractivity contribution < 1.29 is 0 Å². The lowest BCUT2D eigenvalue weighted by Crippen LogP contribution is -2.17. The van der Waals surface area contributed by atoms with Crippen molar-refractivity contribution in [2.24, 2.45) is 5.73 Å². The van der Waals surface area contributed by atoms with Crippen molar-refractivity contribution in [3.8, 4) is 0 Å². The first-order valence-corrected chi connectivity index (χ1v) is 7.25. The summed E-state index contributed by atoms with van der Waals surface area (Å²) in [5.41, 5.74) is 12.2. The van der Waals surface area contributed by atoms with Crippen molar-refractivity contribution in [1.29, 1.82) is 0 Å². The predicted octanol–water partition coefficient (Wildman–Crippen LogP) is 4.23. The molecule has 2 aromatic carbocycles. The van der Waals surface area contributed by atoms with Crippen LogP contribution in [0.2, 0.25) is 0 Å². The van der Waals surface area contributed by atoms with E-state index in [1.807, 2.05) is 0 Å². The van der Waals surface area contributed by atoms with E-state index in [1.54, 1.807) is 0 Å². The molecule has 0 aliphatic heterocycles. The molecule has 1 aliphatic carbocycles. The van der Waals surface area contributed by atoms with E-state index in [9.17, 15) is 0 Å². The third-order valence-corrected chi connectivity index (χ3v) is 4.13. The first-order valence-electron chi connectivity index (χ1n) is 7.25. The predicted molar refractivity (Wildman–Crippen MR) is 87.4 cm³/mol. The molecule has 1 atom stereocenters. The molecule has 2 heteroatoms. The van der Waals surface area contributed by atoms with Gasteiger partial charge in [0, 0.05) is 6.04 Å². The molecule has 0 amide bonds. The summed E-state index contributed by atoms with van der Waals surface area (Å²) in [7, 11) is 0. The lowest BCUT2D eigenvalue weighted by Gasteiger charge is -2.23. The van der Waals surface area contributed by atoms with Crippen LogP contribution < -0.4 is 5.73 Å². The number of nitrogens with two attached hydrogens (primary N) is 1. The molecule has 2 aromatic rings. The molecule has 0 heterocycles. The average molecular weight is 288 g/mol. The van der Waals surface area contributed by atoms with E-state index in [-0.39, 0.29) is 18.4 Å². The largest absolute Gasteiger partial charge is 0.324 e. The average Bonchev–Trinajstić information content (AvgIpc) is 2.47. The van der Waals surface area contributed by atoms with Crippen LogP contribution in [-0.4, -0.2) is 0 Å². The topological polar surface area (TPSA) is 26.0 Å². The minimum atomic E-state index is 0. The summed E-state index contributed by atoms with van der Waals surface area (Å²) in [4.78, 5) is 0. The summed E-state index contributed by atoms with van der Waals surface area (Å²) in [6.45, 7) is 0. The summed E-state index contributed by atoms with van der Waals surface area (Å²) in [5.74, 6) is 0. The molecule has 20 heavy (non-hydrogen) atoms. The first-order chi connectivity index (χ1) is 9.34. The Kier molecular flexibility index (Phi) is 5.22. The summed E-state index contributed by atoms with van der Waals surface area (Å²) < 4.78 is 0. The molecule has 1 nitrogen and oxygen atoms in total. The van der Waals surface area contributed by atoms with Gasteiger partial charge in [-0.2, -0.15) is 0 Å². The van der Waals surface area contributed by atoms with Gasteiger partial charge in [-0.15, -0.1) is 12.4 Å². The molecular formula is C18H22ClN. The minimum Gasteiger partial charge on any atom is -0.324 e. The summed E-state index contributed by atoms with van der Waals surface area (Å²) in [6, 6.07) is 17.3. The zero-order valence-electron chi connectivity index (χ0n) is 11.7. The van der Waals surface area contributed by atoms with Crippen LogP contribution in [0.4, 0.5) is 0 Å². The fourth-order valence-electron chi connectivity index (χ4n) is 3.14. The highest BCUT2D eigenvalue weighted by molar-refractivity contribution is 5.85. The van der Waals surface area contributed by atoms with Gasteiger partial charge in [0.05, 0.1) is 0 Å². The molecule has 0 bridgehead atoms.